The van der Waals surface area contributed by atoms with Gasteiger partial charge in [0.2, 0.25) is 0 Å². The minimum absolute atomic E-state index is 0.265. The second-order valence-corrected chi connectivity index (χ2v) is 8.01. The maximum absolute atomic E-state index is 12.5. The van der Waals surface area contributed by atoms with Crippen molar-refractivity contribution in [2.45, 2.75) is 38.0 Å². The van der Waals surface area contributed by atoms with Crippen LogP contribution in [0.25, 0.3) is 11.0 Å². The van der Waals surface area contributed by atoms with Crippen molar-refractivity contribution in [1.29, 1.82) is 0 Å². The number of halogens is 1. The molecule has 2 N–H and O–H groups in total. The first-order chi connectivity index (χ1) is 14.5. The van der Waals surface area contributed by atoms with E-state index in [0.29, 0.717) is 41.6 Å². The van der Waals surface area contributed by atoms with Crippen molar-refractivity contribution in [3.63, 3.8) is 0 Å². The number of methoxy groups -OCH3 is 1. The third-order valence-electron chi connectivity index (χ3n) is 4.69. The summed E-state index contributed by atoms with van der Waals surface area (Å²) in [6.07, 6.45) is 0.584. The minimum atomic E-state index is -0.424. The monoisotopic (exact) mass is 452 g/mol. The molecule has 1 atom stereocenters. The molecular formula is C20H25ClN4O4S. The van der Waals surface area contributed by atoms with Crippen molar-refractivity contribution < 1.29 is 19.1 Å². The molecule has 0 saturated carbocycles. The first-order valence-electron chi connectivity index (χ1n) is 9.73. The average Bonchev–Trinajstić information content (AvgIpc) is 3.06. The molecule has 2 heterocycles. The summed E-state index contributed by atoms with van der Waals surface area (Å²) >= 11 is 7.56. The van der Waals surface area contributed by atoms with Crippen molar-refractivity contribution in [2.75, 3.05) is 26.1 Å². The van der Waals surface area contributed by atoms with E-state index in [1.165, 1.54) is 11.8 Å². The van der Waals surface area contributed by atoms with Gasteiger partial charge in [0.15, 0.2) is 5.16 Å². The van der Waals surface area contributed by atoms with Crippen LogP contribution in [-0.4, -0.2) is 53.7 Å². The molecule has 1 aliphatic heterocycles. The largest absolute Gasteiger partial charge is 0.463 e. The Morgan fingerprint density at radius 1 is 1.37 bits per heavy atom. The molecule has 1 unspecified atom stereocenters. The number of esters is 1. The number of carbonyl (C=O) groups is 2. The SMILES string of the molecule is CCOC(=O)C1=C(CSc2nc3cc(Cl)ccc3n2CCOC)NC(=O)NC1CC. The summed E-state index contributed by atoms with van der Waals surface area (Å²) in [6, 6.07) is 4.84. The highest BCUT2D eigenvalue weighted by Gasteiger charge is 2.31. The van der Waals surface area contributed by atoms with Crippen LogP contribution in [0.15, 0.2) is 34.6 Å². The predicted molar refractivity (Wildman–Crippen MR) is 117 cm³/mol. The quantitative estimate of drug-likeness (QED) is 0.447. The van der Waals surface area contributed by atoms with E-state index in [4.69, 9.17) is 26.1 Å². The van der Waals surface area contributed by atoms with E-state index >= 15 is 0 Å². The number of benzene rings is 1. The summed E-state index contributed by atoms with van der Waals surface area (Å²) in [5, 5.41) is 6.91. The van der Waals surface area contributed by atoms with Gasteiger partial charge in [0.25, 0.3) is 0 Å². The maximum Gasteiger partial charge on any atom is 0.337 e. The highest BCUT2D eigenvalue weighted by molar-refractivity contribution is 7.99. The molecule has 1 aromatic carbocycles. The van der Waals surface area contributed by atoms with Crippen molar-refractivity contribution in [1.82, 2.24) is 20.2 Å². The molecule has 162 valence electrons. The molecular weight excluding hydrogens is 428 g/mol. The summed E-state index contributed by atoms with van der Waals surface area (Å²) in [5.41, 5.74) is 2.72. The summed E-state index contributed by atoms with van der Waals surface area (Å²) < 4.78 is 12.5. The van der Waals surface area contributed by atoms with Crippen LogP contribution in [0.3, 0.4) is 0 Å². The molecule has 2 amide bonds. The minimum Gasteiger partial charge on any atom is -0.463 e. The Balaban J connectivity index is 1.93. The fourth-order valence-corrected chi connectivity index (χ4v) is 4.48. The zero-order chi connectivity index (χ0) is 21.7. The van der Waals surface area contributed by atoms with E-state index in [2.05, 4.69) is 10.6 Å². The lowest BCUT2D eigenvalue weighted by atomic mass is 10.0. The summed E-state index contributed by atoms with van der Waals surface area (Å²) in [4.78, 5) is 29.3. The van der Waals surface area contributed by atoms with Gasteiger partial charge < -0.3 is 24.7 Å². The first kappa shape index (κ1) is 22.5. The van der Waals surface area contributed by atoms with Gasteiger partial charge in [0, 0.05) is 30.1 Å². The van der Waals surface area contributed by atoms with Gasteiger partial charge in [-0.25, -0.2) is 14.6 Å². The highest BCUT2D eigenvalue weighted by Crippen LogP contribution is 2.29. The summed E-state index contributed by atoms with van der Waals surface area (Å²) in [7, 11) is 1.65. The fourth-order valence-electron chi connectivity index (χ4n) is 3.30. The molecule has 1 aliphatic rings. The number of ether oxygens (including phenoxy) is 2. The smallest absolute Gasteiger partial charge is 0.337 e. The van der Waals surface area contributed by atoms with Crippen LogP contribution in [0.2, 0.25) is 5.02 Å². The van der Waals surface area contributed by atoms with Gasteiger partial charge in [0.05, 0.1) is 35.9 Å². The number of imidazole rings is 1. The van der Waals surface area contributed by atoms with Crippen molar-refractivity contribution in [2.24, 2.45) is 0 Å². The number of urea groups is 1. The Morgan fingerprint density at radius 2 is 2.17 bits per heavy atom. The Morgan fingerprint density at radius 3 is 2.87 bits per heavy atom. The van der Waals surface area contributed by atoms with Crippen LogP contribution < -0.4 is 10.6 Å². The van der Waals surface area contributed by atoms with E-state index in [1.807, 2.05) is 29.7 Å². The number of amides is 2. The van der Waals surface area contributed by atoms with Gasteiger partial charge in [-0.2, -0.15) is 0 Å². The number of hydrogen-bond acceptors (Lipinski definition) is 6. The van der Waals surface area contributed by atoms with Crippen LogP contribution in [0.5, 0.6) is 0 Å². The standard InChI is InChI=1S/C20H25ClN4O4S/c1-4-13-17(18(26)29-5-2)15(23-19(27)22-13)11-30-20-24-14-10-12(21)6-7-16(14)25(20)8-9-28-3/h6-7,10,13H,4-5,8-9,11H2,1-3H3,(H2,22,23,27). The first-order valence-corrected chi connectivity index (χ1v) is 11.1. The molecule has 8 nitrogen and oxygen atoms in total. The number of aromatic nitrogens is 2. The van der Waals surface area contributed by atoms with Crippen LogP contribution in [0, 0.1) is 0 Å². The molecule has 0 radical (unpaired) electrons. The Bertz CT molecular complexity index is 975. The number of rotatable bonds is 9. The number of hydrogen-bond donors (Lipinski definition) is 2. The lowest BCUT2D eigenvalue weighted by Gasteiger charge is -2.28. The van der Waals surface area contributed by atoms with E-state index in [1.54, 1.807) is 14.0 Å². The molecule has 0 bridgehead atoms. The van der Waals surface area contributed by atoms with Gasteiger partial charge >= 0.3 is 12.0 Å². The number of thioether (sulfide) groups is 1. The molecule has 0 saturated heterocycles. The van der Waals surface area contributed by atoms with E-state index in [9.17, 15) is 9.59 Å². The molecule has 30 heavy (non-hydrogen) atoms. The highest BCUT2D eigenvalue weighted by atomic mass is 35.5. The third-order valence-corrected chi connectivity index (χ3v) is 5.92. The lowest BCUT2D eigenvalue weighted by Crippen LogP contribution is -2.50. The summed E-state index contributed by atoms with van der Waals surface area (Å²) in [5.74, 6) is -0.0608. The topological polar surface area (TPSA) is 94.5 Å². The number of nitrogens with one attached hydrogen (secondary N) is 2. The number of carbonyl (C=O) groups excluding carboxylic acids is 2. The third kappa shape index (κ3) is 4.91. The van der Waals surface area contributed by atoms with Crippen LogP contribution in [0.4, 0.5) is 4.79 Å². The van der Waals surface area contributed by atoms with E-state index in [-0.39, 0.29) is 18.7 Å². The van der Waals surface area contributed by atoms with Gasteiger partial charge in [-0.1, -0.05) is 30.3 Å². The molecule has 0 aliphatic carbocycles. The van der Waals surface area contributed by atoms with Crippen molar-refractivity contribution in [3.8, 4) is 0 Å². The zero-order valence-electron chi connectivity index (χ0n) is 17.2. The molecule has 3 rings (SSSR count). The van der Waals surface area contributed by atoms with E-state index < -0.39 is 5.97 Å². The zero-order valence-corrected chi connectivity index (χ0v) is 18.7. The van der Waals surface area contributed by atoms with Gasteiger partial charge in [-0.15, -0.1) is 0 Å². The molecule has 0 spiro atoms. The molecule has 2 aromatic rings. The molecule has 0 fully saturated rings. The number of fused-ring (bicyclic) bond motifs is 1. The van der Waals surface area contributed by atoms with Crippen LogP contribution >= 0.6 is 23.4 Å². The second-order valence-electron chi connectivity index (χ2n) is 6.63. The predicted octanol–water partition coefficient (Wildman–Crippen LogP) is 3.34. The fraction of sp³-hybridized carbons (Fsp3) is 0.450. The lowest BCUT2D eigenvalue weighted by molar-refractivity contribution is -0.139. The van der Waals surface area contributed by atoms with Gasteiger partial charge in [0.1, 0.15) is 0 Å². The van der Waals surface area contributed by atoms with Crippen LogP contribution in [0.1, 0.15) is 20.3 Å². The maximum atomic E-state index is 12.5. The average molecular weight is 453 g/mol. The second kappa shape index (κ2) is 10.2. The molecule has 1 aromatic heterocycles. The molecule has 10 heteroatoms. The van der Waals surface area contributed by atoms with E-state index in [0.717, 1.165) is 16.2 Å². The Kier molecular flexibility index (Phi) is 7.63. The Hall–Kier alpha value is -2.23. The van der Waals surface area contributed by atoms with Gasteiger partial charge in [-0.3, -0.25) is 0 Å². The van der Waals surface area contributed by atoms with Crippen molar-refractivity contribution >= 4 is 46.4 Å². The normalized spacial score (nSPS) is 16.5. The summed E-state index contributed by atoms with van der Waals surface area (Å²) in [6.45, 7) is 5.07. The van der Waals surface area contributed by atoms with Crippen molar-refractivity contribution in [3.05, 3.63) is 34.5 Å². The number of nitrogens with zero attached hydrogens (tertiary/aromatic N) is 2. The van der Waals surface area contributed by atoms with Gasteiger partial charge in [-0.05, 0) is 31.5 Å². The van der Waals surface area contributed by atoms with Crippen LogP contribution in [-0.2, 0) is 20.8 Å². The Labute approximate surface area is 184 Å².